The van der Waals surface area contributed by atoms with E-state index in [1.54, 1.807) is 18.0 Å². The molecule has 0 unspecified atom stereocenters. The number of aromatic nitrogens is 2. The third-order valence-corrected chi connectivity index (χ3v) is 4.40. The Bertz CT molecular complexity index is 771. The minimum Gasteiger partial charge on any atom is -0.466 e. The Morgan fingerprint density at radius 1 is 1.44 bits per heavy atom. The molecule has 2 aromatic heterocycles. The van der Waals surface area contributed by atoms with E-state index in [0.717, 1.165) is 16.9 Å². The van der Waals surface area contributed by atoms with Crippen molar-refractivity contribution < 1.29 is 19.1 Å². The molecule has 1 aliphatic heterocycles. The molecular weight excluding hydrogens is 322 g/mol. The van der Waals surface area contributed by atoms with Crippen LogP contribution in [0.25, 0.3) is 5.65 Å². The van der Waals surface area contributed by atoms with E-state index >= 15 is 0 Å². The molecule has 0 N–H and O–H groups in total. The second kappa shape index (κ2) is 7.65. The lowest BCUT2D eigenvalue weighted by molar-refractivity contribution is -0.149. The summed E-state index contributed by atoms with van der Waals surface area (Å²) >= 11 is 0. The van der Waals surface area contributed by atoms with Crippen LogP contribution in [0.5, 0.6) is 0 Å². The van der Waals surface area contributed by atoms with E-state index < -0.39 is 0 Å². The highest BCUT2D eigenvalue weighted by Gasteiger charge is 2.30. The van der Waals surface area contributed by atoms with Gasteiger partial charge in [-0.3, -0.25) is 9.59 Å². The SMILES string of the molecule is CCOC(=O)C[C@H]1COCCN1C(=O)Cc1cnc2c(C)cccn12. The highest BCUT2D eigenvalue weighted by molar-refractivity contribution is 5.80. The number of amides is 1. The molecular formula is C18H23N3O4. The summed E-state index contributed by atoms with van der Waals surface area (Å²) in [6.45, 7) is 5.42. The predicted molar refractivity (Wildman–Crippen MR) is 91.2 cm³/mol. The smallest absolute Gasteiger partial charge is 0.307 e. The molecule has 0 bridgehead atoms. The van der Waals surface area contributed by atoms with Crippen molar-refractivity contribution in [3.63, 3.8) is 0 Å². The van der Waals surface area contributed by atoms with Crippen LogP contribution in [0.15, 0.2) is 24.5 Å². The van der Waals surface area contributed by atoms with Gasteiger partial charge in [0.25, 0.3) is 0 Å². The van der Waals surface area contributed by atoms with Gasteiger partial charge in [-0.2, -0.15) is 0 Å². The largest absolute Gasteiger partial charge is 0.466 e. The van der Waals surface area contributed by atoms with E-state index in [2.05, 4.69) is 4.98 Å². The van der Waals surface area contributed by atoms with Crippen molar-refractivity contribution in [2.24, 2.45) is 0 Å². The van der Waals surface area contributed by atoms with Crippen LogP contribution in [0.3, 0.4) is 0 Å². The predicted octanol–water partition coefficient (Wildman–Crippen LogP) is 1.37. The minimum atomic E-state index is -0.304. The van der Waals surface area contributed by atoms with E-state index in [4.69, 9.17) is 9.47 Å². The average molecular weight is 345 g/mol. The fraction of sp³-hybridized carbons (Fsp3) is 0.500. The molecule has 3 rings (SSSR count). The van der Waals surface area contributed by atoms with Gasteiger partial charge in [-0.1, -0.05) is 6.07 Å². The van der Waals surface area contributed by atoms with E-state index in [0.29, 0.717) is 26.4 Å². The molecule has 25 heavy (non-hydrogen) atoms. The Kier molecular flexibility index (Phi) is 5.33. The maximum atomic E-state index is 12.8. The Labute approximate surface area is 146 Å². The third-order valence-electron chi connectivity index (χ3n) is 4.40. The van der Waals surface area contributed by atoms with Crippen molar-refractivity contribution in [2.45, 2.75) is 32.7 Å². The summed E-state index contributed by atoms with van der Waals surface area (Å²) in [7, 11) is 0. The number of rotatable bonds is 5. The quantitative estimate of drug-likeness (QED) is 0.765. The van der Waals surface area contributed by atoms with Crippen LogP contribution in [0, 0.1) is 6.92 Å². The summed E-state index contributed by atoms with van der Waals surface area (Å²) in [5.74, 6) is -0.331. The molecule has 1 atom stereocenters. The summed E-state index contributed by atoms with van der Waals surface area (Å²) in [5, 5.41) is 0. The molecule has 0 aliphatic carbocycles. The minimum absolute atomic E-state index is 0.0269. The lowest BCUT2D eigenvalue weighted by atomic mass is 10.1. The molecule has 7 nitrogen and oxygen atoms in total. The zero-order valence-corrected chi connectivity index (χ0v) is 14.6. The monoisotopic (exact) mass is 345 g/mol. The second-order valence-corrected chi connectivity index (χ2v) is 6.14. The first kappa shape index (κ1) is 17.4. The molecule has 0 aromatic carbocycles. The lowest BCUT2D eigenvalue weighted by Crippen LogP contribution is -2.50. The van der Waals surface area contributed by atoms with Gasteiger partial charge in [0.15, 0.2) is 0 Å². The standard InChI is InChI=1S/C18H23N3O4/c1-3-25-17(23)10-15-12-24-8-7-20(15)16(22)9-14-11-19-18-13(2)5-4-6-21(14)18/h4-6,11,15H,3,7-10,12H2,1-2H3/t15-/m0/s1. The van der Waals surface area contributed by atoms with Crippen LogP contribution >= 0.6 is 0 Å². The number of imidazole rings is 1. The van der Waals surface area contributed by atoms with E-state index in [9.17, 15) is 9.59 Å². The van der Waals surface area contributed by atoms with Gasteiger partial charge in [0.05, 0.1) is 44.4 Å². The fourth-order valence-electron chi connectivity index (χ4n) is 3.15. The summed E-state index contributed by atoms with van der Waals surface area (Å²) in [5.41, 5.74) is 2.76. The molecule has 2 aromatic rings. The van der Waals surface area contributed by atoms with Crippen molar-refractivity contribution in [3.8, 4) is 0 Å². The van der Waals surface area contributed by atoms with Gasteiger partial charge in [-0.05, 0) is 25.5 Å². The summed E-state index contributed by atoms with van der Waals surface area (Å²) in [6, 6.07) is 3.66. The van der Waals surface area contributed by atoms with Crippen molar-refractivity contribution in [1.29, 1.82) is 0 Å². The highest BCUT2D eigenvalue weighted by atomic mass is 16.5. The maximum absolute atomic E-state index is 12.8. The Morgan fingerprint density at radius 3 is 3.08 bits per heavy atom. The normalized spacial score (nSPS) is 17.7. The number of ether oxygens (including phenoxy) is 2. The molecule has 1 amide bonds. The molecule has 1 aliphatic rings. The Hall–Kier alpha value is -2.41. The van der Waals surface area contributed by atoms with Gasteiger partial charge in [-0.25, -0.2) is 4.98 Å². The number of nitrogens with zero attached hydrogens (tertiary/aromatic N) is 3. The molecule has 7 heteroatoms. The van der Waals surface area contributed by atoms with Crippen LogP contribution in [0.4, 0.5) is 0 Å². The van der Waals surface area contributed by atoms with Crippen molar-refractivity contribution in [3.05, 3.63) is 35.8 Å². The van der Waals surface area contributed by atoms with Crippen molar-refractivity contribution in [2.75, 3.05) is 26.4 Å². The van der Waals surface area contributed by atoms with Gasteiger partial charge in [0, 0.05) is 18.9 Å². The summed E-state index contributed by atoms with van der Waals surface area (Å²) < 4.78 is 12.4. The van der Waals surface area contributed by atoms with Crippen LogP contribution in [-0.2, 0) is 25.5 Å². The number of hydrogen-bond donors (Lipinski definition) is 0. The number of pyridine rings is 1. The average Bonchev–Trinajstić information content (AvgIpc) is 3.00. The topological polar surface area (TPSA) is 73.1 Å². The van der Waals surface area contributed by atoms with Crippen molar-refractivity contribution >= 4 is 17.5 Å². The lowest BCUT2D eigenvalue weighted by Gasteiger charge is -2.35. The molecule has 0 spiro atoms. The fourth-order valence-corrected chi connectivity index (χ4v) is 3.15. The zero-order chi connectivity index (χ0) is 17.8. The van der Waals surface area contributed by atoms with Gasteiger partial charge < -0.3 is 18.8 Å². The molecule has 134 valence electrons. The summed E-state index contributed by atoms with van der Waals surface area (Å²) in [4.78, 5) is 30.7. The Morgan fingerprint density at radius 2 is 2.28 bits per heavy atom. The molecule has 0 radical (unpaired) electrons. The van der Waals surface area contributed by atoms with Crippen LogP contribution in [0.2, 0.25) is 0 Å². The zero-order valence-electron chi connectivity index (χ0n) is 14.6. The van der Waals surface area contributed by atoms with Gasteiger partial charge in [0.1, 0.15) is 5.65 Å². The first-order chi connectivity index (χ1) is 12.1. The van der Waals surface area contributed by atoms with Gasteiger partial charge >= 0.3 is 5.97 Å². The van der Waals surface area contributed by atoms with Crippen LogP contribution in [-0.4, -0.2) is 58.6 Å². The molecule has 1 saturated heterocycles. The van der Waals surface area contributed by atoms with Crippen LogP contribution < -0.4 is 0 Å². The Balaban J connectivity index is 1.73. The number of aryl methyl sites for hydroxylation is 1. The molecule has 3 heterocycles. The van der Waals surface area contributed by atoms with Gasteiger partial charge in [-0.15, -0.1) is 0 Å². The maximum Gasteiger partial charge on any atom is 0.307 e. The number of morpholine rings is 1. The summed E-state index contributed by atoms with van der Waals surface area (Å²) in [6.07, 6.45) is 4.05. The number of carbonyl (C=O) groups excluding carboxylic acids is 2. The number of esters is 1. The van der Waals surface area contributed by atoms with E-state index in [1.165, 1.54) is 0 Å². The van der Waals surface area contributed by atoms with Crippen LogP contribution in [0.1, 0.15) is 24.6 Å². The highest BCUT2D eigenvalue weighted by Crippen LogP contribution is 2.16. The first-order valence-corrected chi connectivity index (χ1v) is 8.54. The second-order valence-electron chi connectivity index (χ2n) is 6.14. The number of fused-ring (bicyclic) bond motifs is 1. The number of hydrogen-bond acceptors (Lipinski definition) is 5. The molecule has 1 fully saturated rings. The van der Waals surface area contributed by atoms with Crippen molar-refractivity contribution in [1.82, 2.24) is 14.3 Å². The molecule has 0 saturated carbocycles. The van der Waals surface area contributed by atoms with Gasteiger partial charge in [0.2, 0.25) is 5.91 Å². The first-order valence-electron chi connectivity index (χ1n) is 8.54. The van der Waals surface area contributed by atoms with E-state index in [-0.39, 0.29) is 30.8 Å². The van der Waals surface area contributed by atoms with E-state index in [1.807, 2.05) is 29.7 Å². The number of carbonyl (C=O) groups is 2. The third kappa shape index (κ3) is 3.82.